The van der Waals surface area contributed by atoms with E-state index in [9.17, 15) is 9.59 Å². The van der Waals surface area contributed by atoms with Crippen LogP contribution in [0.2, 0.25) is 5.02 Å². The fourth-order valence-corrected chi connectivity index (χ4v) is 2.77. The fraction of sp³-hybridized carbons (Fsp3) is 0.350. The summed E-state index contributed by atoms with van der Waals surface area (Å²) < 4.78 is 0. The van der Waals surface area contributed by atoms with Crippen molar-refractivity contribution in [1.29, 1.82) is 0 Å². The standard InChI is InChI=1S/C20H24ClN3O2/c1-4-10-24(11-5-2)20(26)15-8-9-22-18(12-15)19(25)23-16-7-6-14(3)17(21)13-16/h6-9,12-13H,4-5,10-11H2,1-3H3,(H,23,25). The summed E-state index contributed by atoms with van der Waals surface area (Å²) >= 11 is 6.09. The van der Waals surface area contributed by atoms with E-state index >= 15 is 0 Å². The minimum atomic E-state index is -0.378. The fourth-order valence-electron chi connectivity index (χ4n) is 2.59. The van der Waals surface area contributed by atoms with Crippen molar-refractivity contribution in [3.05, 3.63) is 58.4 Å². The van der Waals surface area contributed by atoms with Crippen LogP contribution in [0.25, 0.3) is 0 Å². The molecule has 1 aromatic carbocycles. The number of halogens is 1. The number of nitrogens with one attached hydrogen (secondary N) is 1. The van der Waals surface area contributed by atoms with Crippen molar-refractivity contribution in [2.24, 2.45) is 0 Å². The highest BCUT2D eigenvalue weighted by molar-refractivity contribution is 6.31. The van der Waals surface area contributed by atoms with Gasteiger partial charge in [0.25, 0.3) is 11.8 Å². The summed E-state index contributed by atoms with van der Waals surface area (Å²) in [5.41, 5.74) is 2.18. The van der Waals surface area contributed by atoms with Gasteiger partial charge in [0.2, 0.25) is 0 Å². The molecule has 0 atom stereocenters. The van der Waals surface area contributed by atoms with E-state index in [-0.39, 0.29) is 17.5 Å². The summed E-state index contributed by atoms with van der Waals surface area (Å²) in [6.07, 6.45) is 3.26. The topological polar surface area (TPSA) is 62.3 Å². The molecule has 2 amide bonds. The number of carbonyl (C=O) groups is 2. The summed E-state index contributed by atoms with van der Waals surface area (Å²) in [6, 6.07) is 8.47. The highest BCUT2D eigenvalue weighted by Crippen LogP contribution is 2.20. The van der Waals surface area contributed by atoms with Crippen molar-refractivity contribution in [3.63, 3.8) is 0 Å². The quantitative estimate of drug-likeness (QED) is 0.773. The molecule has 0 bridgehead atoms. The summed E-state index contributed by atoms with van der Waals surface area (Å²) in [7, 11) is 0. The van der Waals surface area contributed by atoms with Gasteiger partial charge in [-0.15, -0.1) is 0 Å². The van der Waals surface area contributed by atoms with Crippen LogP contribution < -0.4 is 5.32 Å². The Labute approximate surface area is 159 Å². The molecular formula is C20H24ClN3O2. The van der Waals surface area contributed by atoms with Gasteiger partial charge in [-0.2, -0.15) is 0 Å². The Bertz CT molecular complexity index is 786. The van der Waals surface area contributed by atoms with Gasteiger partial charge in [0.1, 0.15) is 5.69 Å². The van der Waals surface area contributed by atoms with Gasteiger partial charge in [0, 0.05) is 35.6 Å². The zero-order valence-corrected chi connectivity index (χ0v) is 16.1. The molecule has 1 heterocycles. The number of carbonyl (C=O) groups excluding carboxylic acids is 2. The average molecular weight is 374 g/mol. The molecule has 138 valence electrons. The van der Waals surface area contributed by atoms with Gasteiger partial charge in [0.15, 0.2) is 0 Å². The van der Waals surface area contributed by atoms with Crippen LogP contribution in [0.1, 0.15) is 53.1 Å². The molecule has 0 saturated carbocycles. The number of hydrogen-bond acceptors (Lipinski definition) is 3. The lowest BCUT2D eigenvalue weighted by atomic mass is 10.1. The van der Waals surface area contributed by atoms with Crippen molar-refractivity contribution >= 4 is 29.1 Å². The Morgan fingerprint density at radius 3 is 2.42 bits per heavy atom. The van der Waals surface area contributed by atoms with E-state index in [0.29, 0.717) is 29.4 Å². The predicted molar refractivity (Wildman–Crippen MR) is 105 cm³/mol. The lowest BCUT2D eigenvalue weighted by Gasteiger charge is -2.21. The largest absolute Gasteiger partial charge is 0.339 e. The van der Waals surface area contributed by atoms with E-state index in [0.717, 1.165) is 18.4 Å². The van der Waals surface area contributed by atoms with Crippen LogP contribution in [0.15, 0.2) is 36.5 Å². The van der Waals surface area contributed by atoms with Crippen LogP contribution in [0, 0.1) is 6.92 Å². The van der Waals surface area contributed by atoms with E-state index in [2.05, 4.69) is 10.3 Å². The van der Waals surface area contributed by atoms with Gasteiger partial charge < -0.3 is 10.2 Å². The van der Waals surface area contributed by atoms with Gasteiger partial charge in [0.05, 0.1) is 0 Å². The zero-order chi connectivity index (χ0) is 19.1. The Kier molecular flexibility index (Phi) is 7.16. The SMILES string of the molecule is CCCN(CCC)C(=O)c1ccnc(C(=O)Nc2ccc(C)c(Cl)c2)c1. The number of rotatable bonds is 7. The molecule has 5 nitrogen and oxygen atoms in total. The van der Waals surface area contributed by atoms with Crippen molar-refractivity contribution in [1.82, 2.24) is 9.88 Å². The third-order valence-corrected chi connectivity index (χ3v) is 4.35. The average Bonchev–Trinajstić information content (AvgIpc) is 2.64. The lowest BCUT2D eigenvalue weighted by Crippen LogP contribution is -2.32. The number of aryl methyl sites for hydroxylation is 1. The van der Waals surface area contributed by atoms with E-state index in [1.54, 1.807) is 23.1 Å². The molecular weight excluding hydrogens is 350 g/mol. The molecule has 1 aromatic heterocycles. The van der Waals surface area contributed by atoms with Crippen molar-refractivity contribution in [2.45, 2.75) is 33.6 Å². The first-order chi connectivity index (χ1) is 12.5. The first-order valence-corrected chi connectivity index (χ1v) is 9.16. The van der Waals surface area contributed by atoms with E-state index in [1.165, 1.54) is 12.3 Å². The van der Waals surface area contributed by atoms with Gasteiger partial charge in [-0.1, -0.05) is 31.5 Å². The van der Waals surface area contributed by atoms with Gasteiger partial charge in [-0.05, 0) is 49.6 Å². The molecule has 0 saturated heterocycles. The third-order valence-electron chi connectivity index (χ3n) is 3.94. The maximum Gasteiger partial charge on any atom is 0.274 e. The minimum absolute atomic E-state index is 0.0801. The molecule has 26 heavy (non-hydrogen) atoms. The van der Waals surface area contributed by atoms with Crippen LogP contribution >= 0.6 is 11.6 Å². The Morgan fingerprint density at radius 1 is 1.12 bits per heavy atom. The molecule has 2 rings (SSSR count). The normalized spacial score (nSPS) is 10.5. The second-order valence-corrected chi connectivity index (χ2v) is 6.55. The summed E-state index contributed by atoms with van der Waals surface area (Å²) in [5.74, 6) is -0.458. The first-order valence-electron chi connectivity index (χ1n) is 8.79. The van der Waals surface area contributed by atoms with Crippen LogP contribution in [0.4, 0.5) is 5.69 Å². The first kappa shape index (κ1) is 19.9. The number of amides is 2. The number of aromatic nitrogens is 1. The maximum absolute atomic E-state index is 12.7. The zero-order valence-electron chi connectivity index (χ0n) is 15.4. The minimum Gasteiger partial charge on any atom is -0.339 e. The summed E-state index contributed by atoms with van der Waals surface area (Å²) in [4.78, 5) is 31.0. The van der Waals surface area contributed by atoms with Gasteiger partial charge >= 0.3 is 0 Å². The number of benzene rings is 1. The van der Waals surface area contributed by atoms with E-state index in [1.807, 2.05) is 26.8 Å². The molecule has 1 N–H and O–H groups in total. The number of nitrogens with zero attached hydrogens (tertiary/aromatic N) is 2. The molecule has 0 radical (unpaired) electrons. The van der Waals surface area contributed by atoms with Crippen LogP contribution in [-0.2, 0) is 0 Å². The number of hydrogen-bond donors (Lipinski definition) is 1. The van der Waals surface area contributed by atoms with E-state index < -0.39 is 0 Å². The second kappa shape index (κ2) is 9.34. The highest BCUT2D eigenvalue weighted by atomic mass is 35.5. The van der Waals surface area contributed by atoms with Crippen molar-refractivity contribution in [2.75, 3.05) is 18.4 Å². The maximum atomic E-state index is 12.7. The Balaban J connectivity index is 2.17. The van der Waals surface area contributed by atoms with Crippen molar-refractivity contribution in [3.8, 4) is 0 Å². The van der Waals surface area contributed by atoms with Crippen LogP contribution in [0.5, 0.6) is 0 Å². The third kappa shape index (κ3) is 5.05. The second-order valence-electron chi connectivity index (χ2n) is 6.14. The highest BCUT2D eigenvalue weighted by Gasteiger charge is 2.17. The molecule has 0 aliphatic heterocycles. The molecule has 2 aromatic rings. The Morgan fingerprint density at radius 2 is 1.81 bits per heavy atom. The van der Waals surface area contributed by atoms with Gasteiger partial charge in [-0.3, -0.25) is 14.6 Å². The van der Waals surface area contributed by atoms with E-state index in [4.69, 9.17) is 11.6 Å². The summed E-state index contributed by atoms with van der Waals surface area (Å²) in [5, 5.41) is 3.34. The smallest absolute Gasteiger partial charge is 0.274 e. The summed E-state index contributed by atoms with van der Waals surface area (Å²) in [6.45, 7) is 7.35. The molecule has 0 spiro atoms. The van der Waals surface area contributed by atoms with Gasteiger partial charge in [-0.25, -0.2) is 0 Å². The molecule has 0 unspecified atom stereocenters. The molecule has 0 aliphatic rings. The number of pyridine rings is 1. The molecule has 6 heteroatoms. The lowest BCUT2D eigenvalue weighted by molar-refractivity contribution is 0.0755. The Hall–Kier alpha value is -2.40. The number of anilines is 1. The monoisotopic (exact) mass is 373 g/mol. The van der Waals surface area contributed by atoms with Crippen molar-refractivity contribution < 1.29 is 9.59 Å². The van der Waals surface area contributed by atoms with Crippen LogP contribution in [0.3, 0.4) is 0 Å². The predicted octanol–water partition coefficient (Wildman–Crippen LogP) is 4.56. The molecule has 0 aliphatic carbocycles. The van der Waals surface area contributed by atoms with Crippen LogP contribution in [-0.4, -0.2) is 34.8 Å². The molecule has 0 fully saturated rings.